The number of ketones is 1. The molecule has 2 unspecified atom stereocenters. The lowest BCUT2D eigenvalue weighted by Crippen LogP contribution is -2.42. The van der Waals surface area contributed by atoms with E-state index in [1.807, 2.05) is 0 Å². The van der Waals surface area contributed by atoms with E-state index in [0.29, 0.717) is 6.04 Å². The summed E-state index contributed by atoms with van der Waals surface area (Å²) >= 11 is 0. The van der Waals surface area contributed by atoms with E-state index in [4.69, 9.17) is 0 Å². The van der Waals surface area contributed by atoms with E-state index in [1.54, 1.807) is 6.92 Å². The maximum atomic E-state index is 12.1. The Kier molecular flexibility index (Phi) is 3.55. The van der Waals surface area contributed by atoms with Crippen molar-refractivity contribution in [1.29, 1.82) is 0 Å². The van der Waals surface area contributed by atoms with Crippen molar-refractivity contribution in [3.63, 3.8) is 0 Å². The summed E-state index contributed by atoms with van der Waals surface area (Å²) in [7, 11) is 0. The highest BCUT2D eigenvalue weighted by Crippen LogP contribution is 2.46. The molecule has 0 aliphatic heterocycles. The lowest BCUT2D eigenvalue weighted by molar-refractivity contribution is -0.135. The molecule has 2 aliphatic carbocycles. The van der Waals surface area contributed by atoms with Crippen LogP contribution in [0.3, 0.4) is 0 Å². The van der Waals surface area contributed by atoms with E-state index in [2.05, 4.69) is 12.2 Å². The van der Waals surface area contributed by atoms with Crippen molar-refractivity contribution in [3.8, 4) is 0 Å². The molecule has 0 aromatic rings. The first kappa shape index (κ1) is 12.6. The molecule has 2 aliphatic rings. The van der Waals surface area contributed by atoms with Crippen molar-refractivity contribution < 1.29 is 9.59 Å². The number of amides is 1. The molecule has 0 spiro atoms. The van der Waals surface area contributed by atoms with Crippen molar-refractivity contribution in [3.05, 3.63) is 0 Å². The van der Waals surface area contributed by atoms with Crippen LogP contribution in [0.15, 0.2) is 0 Å². The Morgan fingerprint density at radius 2 is 1.82 bits per heavy atom. The van der Waals surface area contributed by atoms with E-state index in [9.17, 15) is 9.59 Å². The molecule has 96 valence electrons. The fourth-order valence-corrected chi connectivity index (χ4v) is 2.82. The standard InChI is InChI=1S/C14H23NO2/c1-10-4-3-5-12(7-6-10)15-13(17)14(8-9-14)11(2)16/h10,12H,3-9H2,1-2H3,(H,15,17). The highest BCUT2D eigenvalue weighted by atomic mass is 16.2. The second-order valence-electron chi connectivity index (χ2n) is 5.92. The number of carbonyl (C=O) groups is 2. The molecule has 0 radical (unpaired) electrons. The quantitative estimate of drug-likeness (QED) is 0.605. The van der Waals surface area contributed by atoms with Gasteiger partial charge in [0.05, 0.1) is 0 Å². The summed E-state index contributed by atoms with van der Waals surface area (Å²) in [5.41, 5.74) is -0.641. The van der Waals surface area contributed by atoms with Gasteiger partial charge in [-0.1, -0.05) is 19.8 Å². The third kappa shape index (κ3) is 2.70. The number of Topliss-reactive ketones (excluding diaryl/α,β-unsaturated/α-hetero) is 1. The summed E-state index contributed by atoms with van der Waals surface area (Å²) in [5.74, 6) is 0.807. The zero-order chi connectivity index (χ0) is 12.5. The highest BCUT2D eigenvalue weighted by molar-refractivity contribution is 6.07. The predicted octanol–water partition coefficient (Wildman–Crippen LogP) is 2.44. The van der Waals surface area contributed by atoms with Gasteiger partial charge in [-0.3, -0.25) is 9.59 Å². The van der Waals surface area contributed by atoms with Crippen LogP contribution in [0.5, 0.6) is 0 Å². The second-order valence-corrected chi connectivity index (χ2v) is 5.92. The molecule has 3 nitrogen and oxygen atoms in total. The first-order valence-electron chi connectivity index (χ1n) is 6.86. The fourth-order valence-electron chi connectivity index (χ4n) is 2.82. The minimum atomic E-state index is -0.641. The fraction of sp³-hybridized carbons (Fsp3) is 0.857. The molecule has 1 amide bonds. The van der Waals surface area contributed by atoms with E-state index in [0.717, 1.165) is 31.6 Å². The van der Waals surface area contributed by atoms with Gasteiger partial charge < -0.3 is 5.32 Å². The molecule has 0 saturated heterocycles. The Bertz CT molecular complexity index is 320. The summed E-state index contributed by atoms with van der Waals surface area (Å²) < 4.78 is 0. The molecule has 17 heavy (non-hydrogen) atoms. The van der Waals surface area contributed by atoms with Gasteiger partial charge in [-0.05, 0) is 44.9 Å². The van der Waals surface area contributed by atoms with Gasteiger partial charge in [0.2, 0.25) is 5.91 Å². The number of rotatable bonds is 3. The summed E-state index contributed by atoms with van der Waals surface area (Å²) in [6, 6.07) is 0.296. The van der Waals surface area contributed by atoms with Crippen LogP contribution in [0.4, 0.5) is 0 Å². The minimum Gasteiger partial charge on any atom is -0.353 e. The molecule has 2 atom stereocenters. The molecule has 1 N–H and O–H groups in total. The van der Waals surface area contributed by atoms with Gasteiger partial charge in [-0.2, -0.15) is 0 Å². The first-order valence-corrected chi connectivity index (χ1v) is 6.86. The SMILES string of the molecule is CC(=O)C1(C(=O)NC2CCCC(C)CC2)CC1. The first-order chi connectivity index (χ1) is 8.04. The summed E-state index contributed by atoms with van der Waals surface area (Å²) in [6.07, 6.45) is 7.29. The molecular formula is C14H23NO2. The Morgan fingerprint density at radius 3 is 2.41 bits per heavy atom. The Labute approximate surface area is 103 Å². The topological polar surface area (TPSA) is 46.2 Å². The van der Waals surface area contributed by atoms with E-state index < -0.39 is 5.41 Å². The molecule has 0 bridgehead atoms. The van der Waals surface area contributed by atoms with Crippen LogP contribution in [0.1, 0.15) is 58.8 Å². The van der Waals surface area contributed by atoms with Crippen LogP contribution in [0, 0.1) is 11.3 Å². The predicted molar refractivity (Wildman–Crippen MR) is 66.5 cm³/mol. The summed E-state index contributed by atoms with van der Waals surface area (Å²) in [6.45, 7) is 3.82. The molecule has 0 aromatic carbocycles. The number of hydrogen-bond donors (Lipinski definition) is 1. The van der Waals surface area contributed by atoms with E-state index in [-0.39, 0.29) is 11.7 Å². The van der Waals surface area contributed by atoms with Crippen molar-refractivity contribution in [2.45, 2.75) is 64.8 Å². The Morgan fingerprint density at radius 1 is 1.12 bits per heavy atom. The lowest BCUT2D eigenvalue weighted by Gasteiger charge is -2.19. The minimum absolute atomic E-state index is 0.00967. The molecule has 2 fully saturated rings. The largest absolute Gasteiger partial charge is 0.353 e. The lowest BCUT2D eigenvalue weighted by atomic mass is 9.99. The van der Waals surface area contributed by atoms with Gasteiger partial charge in [-0.25, -0.2) is 0 Å². The molecule has 2 saturated carbocycles. The van der Waals surface area contributed by atoms with Gasteiger partial charge >= 0.3 is 0 Å². The third-order valence-corrected chi connectivity index (χ3v) is 4.45. The molecular weight excluding hydrogens is 214 g/mol. The number of hydrogen-bond acceptors (Lipinski definition) is 2. The second kappa shape index (κ2) is 4.79. The zero-order valence-electron chi connectivity index (χ0n) is 10.9. The average molecular weight is 237 g/mol. The summed E-state index contributed by atoms with van der Waals surface area (Å²) in [4.78, 5) is 23.6. The maximum absolute atomic E-state index is 12.1. The normalized spacial score (nSPS) is 31.4. The smallest absolute Gasteiger partial charge is 0.233 e. The average Bonchev–Trinajstić information content (AvgIpc) is 3.05. The molecule has 3 heteroatoms. The molecule has 0 aromatic heterocycles. The highest BCUT2D eigenvalue weighted by Gasteiger charge is 2.54. The van der Waals surface area contributed by atoms with E-state index >= 15 is 0 Å². The van der Waals surface area contributed by atoms with Gasteiger partial charge in [0.15, 0.2) is 0 Å². The number of nitrogens with one attached hydrogen (secondary N) is 1. The van der Waals surface area contributed by atoms with Crippen LogP contribution in [-0.4, -0.2) is 17.7 Å². The van der Waals surface area contributed by atoms with Gasteiger partial charge in [0.1, 0.15) is 11.2 Å². The van der Waals surface area contributed by atoms with Crippen molar-refractivity contribution in [1.82, 2.24) is 5.32 Å². The van der Waals surface area contributed by atoms with Crippen LogP contribution < -0.4 is 5.32 Å². The van der Waals surface area contributed by atoms with Gasteiger partial charge in [0, 0.05) is 6.04 Å². The zero-order valence-corrected chi connectivity index (χ0v) is 10.9. The van der Waals surface area contributed by atoms with Crippen LogP contribution in [-0.2, 0) is 9.59 Å². The van der Waals surface area contributed by atoms with Gasteiger partial charge in [0.25, 0.3) is 0 Å². The monoisotopic (exact) mass is 237 g/mol. The Balaban J connectivity index is 1.88. The molecule has 0 heterocycles. The summed E-state index contributed by atoms with van der Waals surface area (Å²) in [5, 5.41) is 3.10. The third-order valence-electron chi connectivity index (χ3n) is 4.45. The molecule has 2 rings (SSSR count). The van der Waals surface area contributed by atoms with Crippen molar-refractivity contribution in [2.24, 2.45) is 11.3 Å². The van der Waals surface area contributed by atoms with Crippen LogP contribution >= 0.6 is 0 Å². The van der Waals surface area contributed by atoms with Crippen molar-refractivity contribution >= 4 is 11.7 Å². The van der Waals surface area contributed by atoms with Crippen molar-refractivity contribution in [2.75, 3.05) is 0 Å². The number of carbonyl (C=O) groups excluding carboxylic acids is 2. The maximum Gasteiger partial charge on any atom is 0.233 e. The Hall–Kier alpha value is -0.860. The van der Waals surface area contributed by atoms with E-state index in [1.165, 1.54) is 19.3 Å². The van der Waals surface area contributed by atoms with Crippen LogP contribution in [0.2, 0.25) is 0 Å². The van der Waals surface area contributed by atoms with Gasteiger partial charge in [-0.15, -0.1) is 0 Å². The van der Waals surface area contributed by atoms with Crippen LogP contribution in [0.25, 0.3) is 0 Å².